The molecule has 27 heavy (non-hydrogen) atoms. The van der Waals surface area contributed by atoms with E-state index in [0.717, 1.165) is 38.4 Å². The number of piperazine rings is 1. The van der Waals surface area contributed by atoms with Gasteiger partial charge in [-0.25, -0.2) is 0 Å². The lowest BCUT2D eigenvalue weighted by Gasteiger charge is -2.32. The number of likely N-dealkylation sites (N-methyl/N-ethyl adjacent to an activating group) is 1. The van der Waals surface area contributed by atoms with E-state index in [9.17, 15) is 9.59 Å². The minimum atomic E-state index is -0.256. The molecule has 1 saturated heterocycles. The fourth-order valence-corrected chi connectivity index (χ4v) is 3.02. The van der Waals surface area contributed by atoms with Crippen molar-refractivity contribution in [1.82, 2.24) is 15.1 Å². The lowest BCUT2D eigenvalue weighted by Crippen LogP contribution is -2.43. The summed E-state index contributed by atoms with van der Waals surface area (Å²) in [6.07, 6.45) is 0. The van der Waals surface area contributed by atoms with E-state index in [2.05, 4.69) is 27.5 Å². The number of nitrogens with one attached hydrogen (secondary N) is 2. The van der Waals surface area contributed by atoms with Gasteiger partial charge in [-0.05, 0) is 36.9 Å². The number of carbonyl (C=O) groups excluding carboxylic acids is 2. The van der Waals surface area contributed by atoms with Crippen LogP contribution in [0, 0.1) is 0 Å². The molecule has 2 aromatic carbocycles. The van der Waals surface area contributed by atoms with Crippen LogP contribution >= 0.6 is 0 Å². The number of hydrogen-bond donors (Lipinski definition) is 2. The molecule has 0 spiro atoms. The minimum absolute atomic E-state index is 0.0588. The Hall–Kier alpha value is -2.70. The van der Waals surface area contributed by atoms with Crippen LogP contribution in [0.2, 0.25) is 0 Å². The summed E-state index contributed by atoms with van der Waals surface area (Å²) < 4.78 is 0. The number of nitrogens with zero attached hydrogens (tertiary/aromatic N) is 2. The molecule has 1 fully saturated rings. The summed E-state index contributed by atoms with van der Waals surface area (Å²) in [5.74, 6) is -0.501. The Bertz CT molecular complexity index is 754. The molecule has 0 aromatic heterocycles. The van der Waals surface area contributed by atoms with Gasteiger partial charge in [-0.3, -0.25) is 14.5 Å². The average Bonchev–Trinajstić information content (AvgIpc) is 2.70. The Morgan fingerprint density at radius 1 is 0.926 bits per heavy atom. The fourth-order valence-electron chi connectivity index (χ4n) is 3.02. The molecular weight excluding hydrogens is 340 g/mol. The van der Waals surface area contributed by atoms with Gasteiger partial charge in [-0.1, -0.05) is 30.3 Å². The van der Waals surface area contributed by atoms with Gasteiger partial charge in [0.15, 0.2) is 0 Å². The topological polar surface area (TPSA) is 64.7 Å². The van der Waals surface area contributed by atoms with Crippen molar-refractivity contribution in [2.45, 2.75) is 6.54 Å². The van der Waals surface area contributed by atoms with E-state index in [0.29, 0.717) is 5.56 Å². The first-order valence-corrected chi connectivity index (χ1v) is 9.23. The molecule has 0 aliphatic carbocycles. The highest BCUT2D eigenvalue weighted by Gasteiger charge is 2.14. The lowest BCUT2D eigenvalue weighted by molar-refractivity contribution is -0.115. The Kier molecular flexibility index (Phi) is 6.57. The summed E-state index contributed by atoms with van der Waals surface area (Å²) in [7, 11) is 2.15. The first-order chi connectivity index (χ1) is 13.1. The SMILES string of the molecule is CN1CCN(Cc2ccc(NC(=O)CNC(=O)c3ccccc3)cc2)CC1. The van der Waals surface area contributed by atoms with Crippen molar-refractivity contribution in [3.05, 3.63) is 65.7 Å². The maximum Gasteiger partial charge on any atom is 0.251 e. The summed E-state index contributed by atoms with van der Waals surface area (Å²) in [6, 6.07) is 16.7. The smallest absolute Gasteiger partial charge is 0.251 e. The van der Waals surface area contributed by atoms with Gasteiger partial charge in [0.25, 0.3) is 5.91 Å². The van der Waals surface area contributed by atoms with Crippen LogP contribution < -0.4 is 10.6 Å². The average molecular weight is 366 g/mol. The molecule has 2 N–H and O–H groups in total. The van der Waals surface area contributed by atoms with E-state index >= 15 is 0 Å². The predicted octanol–water partition coefficient (Wildman–Crippen LogP) is 1.80. The summed E-state index contributed by atoms with van der Waals surface area (Å²) in [4.78, 5) is 28.8. The number of benzene rings is 2. The van der Waals surface area contributed by atoms with Crippen molar-refractivity contribution in [3.8, 4) is 0 Å². The molecule has 2 amide bonds. The van der Waals surface area contributed by atoms with Gasteiger partial charge in [0.05, 0.1) is 6.54 Å². The molecule has 1 aliphatic heterocycles. The number of carbonyl (C=O) groups is 2. The number of anilines is 1. The van der Waals surface area contributed by atoms with Gasteiger partial charge in [0, 0.05) is 44.0 Å². The van der Waals surface area contributed by atoms with Crippen LogP contribution in [0.25, 0.3) is 0 Å². The zero-order valence-corrected chi connectivity index (χ0v) is 15.6. The van der Waals surface area contributed by atoms with E-state index in [1.54, 1.807) is 24.3 Å². The van der Waals surface area contributed by atoms with Crippen LogP contribution in [-0.4, -0.2) is 61.4 Å². The molecule has 142 valence electrons. The Balaban J connectivity index is 1.43. The second-order valence-corrected chi connectivity index (χ2v) is 6.87. The summed E-state index contributed by atoms with van der Waals surface area (Å²) >= 11 is 0. The van der Waals surface area contributed by atoms with E-state index in [1.807, 2.05) is 30.3 Å². The Labute approximate surface area is 160 Å². The van der Waals surface area contributed by atoms with Crippen molar-refractivity contribution in [2.24, 2.45) is 0 Å². The number of hydrogen-bond acceptors (Lipinski definition) is 4. The van der Waals surface area contributed by atoms with Crippen LogP contribution in [0.15, 0.2) is 54.6 Å². The molecule has 3 rings (SSSR count). The first-order valence-electron chi connectivity index (χ1n) is 9.23. The van der Waals surface area contributed by atoms with Crippen LogP contribution in [0.4, 0.5) is 5.69 Å². The zero-order valence-electron chi connectivity index (χ0n) is 15.6. The maximum atomic E-state index is 12.0. The Morgan fingerprint density at radius 3 is 2.26 bits per heavy atom. The van der Waals surface area contributed by atoms with Crippen molar-refractivity contribution in [3.63, 3.8) is 0 Å². The molecule has 0 radical (unpaired) electrons. The van der Waals surface area contributed by atoms with Gasteiger partial charge >= 0.3 is 0 Å². The molecule has 0 atom stereocenters. The number of amides is 2. The van der Waals surface area contributed by atoms with Gasteiger partial charge in [-0.15, -0.1) is 0 Å². The highest BCUT2D eigenvalue weighted by Crippen LogP contribution is 2.12. The zero-order chi connectivity index (χ0) is 19.1. The predicted molar refractivity (Wildman–Crippen MR) is 107 cm³/mol. The van der Waals surface area contributed by atoms with Crippen LogP contribution in [0.3, 0.4) is 0 Å². The van der Waals surface area contributed by atoms with Crippen LogP contribution in [0.5, 0.6) is 0 Å². The number of rotatable bonds is 6. The normalized spacial score (nSPS) is 15.3. The second-order valence-electron chi connectivity index (χ2n) is 6.87. The Morgan fingerprint density at radius 2 is 1.59 bits per heavy atom. The van der Waals surface area contributed by atoms with Crippen LogP contribution in [0.1, 0.15) is 15.9 Å². The second kappa shape index (κ2) is 9.30. The molecule has 6 nitrogen and oxygen atoms in total. The summed E-state index contributed by atoms with van der Waals surface area (Å²) in [5, 5.41) is 5.44. The molecule has 0 unspecified atom stereocenters. The van der Waals surface area contributed by atoms with Crippen molar-refractivity contribution in [1.29, 1.82) is 0 Å². The van der Waals surface area contributed by atoms with Crippen molar-refractivity contribution < 1.29 is 9.59 Å². The highest BCUT2D eigenvalue weighted by molar-refractivity contribution is 5.99. The standard InChI is InChI=1S/C21H26N4O2/c1-24-11-13-25(14-12-24)16-17-7-9-19(10-8-17)23-20(26)15-22-21(27)18-5-3-2-4-6-18/h2-10H,11-16H2,1H3,(H,22,27)(H,23,26). The monoisotopic (exact) mass is 366 g/mol. The molecule has 0 saturated carbocycles. The lowest BCUT2D eigenvalue weighted by atomic mass is 10.2. The van der Waals surface area contributed by atoms with Gasteiger partial charge < -0.3 is 15.5 Å². The molecule has 0 bridgehead atoms. The molecule has 1 aliphatic rings. The third-order valence-corrected chi connectivity index (χ3v) is 4.69. The van der Waals surface area contributed by atoms with Gasteiger partial charge in [0.2, 0.25) is 5.91 Å². The van der Waals surface area contributed by atoms with Crippen molar-refractivity contribution in [2.75, 3.05) is 45.1 Å². The van der Waals surface area contributed by atoms with Gasteiger partial charge in [-0.2, -0.15) is 0 Å². The summed E-state index contributed by atoms with van der Waals surface area (Å²) in [6.45, 7) is 5.23. The van der Waals surface area contributed by atoms with E-state index in [4.69, 9.17) is 0 Å². The third kappa shape index (κ3) is 5.91. The molecule has 2 aromatic rings. The molecule has 6 heteroatoms. The summed E-state index contributed by atoms with van der Waals surface area (Å²) in [5.41, 5.74) is 2.50. The van der Waals surface area contributed by atoms with Crippen molar-refractivity contribution >= 4 is 17.5 Å². The van der Waals surface area contributed by atoms with E-state index in [-0.39, 0.29) is 18.4 Å². The maximum absolute atomic E-state index is 12.0. The van der Waals surface area contributed by atoms with Gasteiger partial charge in [0.1, 0.15) is 0 Å². The largest absolute Gasteiger partial charge is 0.343 e. The fraction of sp³-hybridized carbons (Fsp3) is 0.333. The minimum Gasteiger partial charge on any atom is -0.343 e. The third-order valence-electron chi connectivity index (χ3n) is 4.69. The molecular formula is C21H26N4O2. The molecule has 1 heterocycles. The highest BCUT2D eigenvalue weighted by atomic mass is 16.2. The van der Waals surface area contributed by atoms with E-state index in [1.165, 1.54) is 5.56 Å². The quantitative estimate of drug-likeness (QED) is 0.818. The first kappa shape index (κ1) is 19.1. The van der Waals surface area contributed by atoms with E-state index < -0.39 is 0 Å². The van der Waals surface area contributed by atoms with Crippen LogP contribution in [-0.2, 0) is 11.3 Å².